The van der Waals surface area contributed by atoms with Gasteiger partial charge in [-0.15, -0.1) is 5.10 Å². The summed E-state index contributed by atoms with van der Waals surface area (Å²) < 4.78 is 9.37. The number of unbranched alkanes of at least 4 members (excludes halogenated alkanes) is 1. The van der Waals surface area contributed by atoms with Gasteiger partial charge in [-0.2, -0.15) is 4.68 Å². The summed E-state index contributed by atoms with van der Waals surface area (Å²) in [6, 6.07) is 19.9. The largest absolute Gasteiger partial charge is 0.357 e. The first-order valence-electron chi connectivity index (χ1n) is 14.2. The van der Waals surface area contributed by atoms with E-state index in [9.17, 15) is 4.79 Å². The molecule has 42 heavy (non-hydrogen) atoms. The van der Waals surface area contributed by atoms with Crippen molar-refractivity contribution in [3.05, 3.63) is 100 Å². The van der Waals surface area contributed by atoms with Gasteiger partial charge in [-0.3, -0.25) is 9.78 Å². The molecule has 216 valence electrons. The third-order valence-corrected chi connectivity index (χ3v) is 7.40. The third-order valence-electron chi connectivity index (χ3n) is 7.14. The van der Waals surface area contributed by atoms with Gasteiger partial charge in [-0.1, -0.05) is 79.5 Å². The van der Waals surface area contributed by atoms with Crippen LogP contribution in [0.3, 0.4) is 0 Å². The van der Waals surface area contributed by atoms with Crippen LogP contribution in [-0.2, 0) is 17.7 Å². The number of aromatic nitrogens is 7. The van der Waals surface area contributed by atoms with Crippen LogP contribution in [0.4, 0.5) is 0 Å². The van der Waals surface area contributed by atoms with E-state index in [4.69, 9.17) is 16.3 Å². The van der Waals surface area contributed by atoms with E-state index in [0.29, 0.717) is 30.4 Å². The maximum absolute atomic E-state index is 13.5. The smallest absolute Gasteiger partial charge is 0.230 e. The standard InChI is InChI=1S/C32H34ClN7O2/c1-5-7-12-28-35-31(33)29(30(41)27-18-13-21(3)19-34-27)39(28)20-23-14-16-24(17-15-23)25-10-8-9-11-26(25)32-36-37-38-40(32)22(4)42-6-2/h8-11,13-19,22H,5-7,12,20H2,1-4H3. The minimum atomic E-state index is -0.300. The van der Waals surface area contributed by atoms with Crippen LogP contribution in [0, 0.1) is 6.92 Å². The summed E-state index contributed by atoms with van der Waals surface area (Å²) in [5.41, 5.74) is 5.63. The van der Waals surface area contributed by atoms with Gasteiger partial charge in [0.2, 0.25) is 5.78 Å². The molecule has 5 aromatic rings. The summed E-state index contributed by atoms with van der Waals surface area (Å²) in [4.78, 5) is 22.5. The molecule has 0 aliphatic heterocycles. The van der Waals surface area contributed by atoms with Crippen molar-refractivity contribution in [1.82, 2.24) is 34.7 Å². The molecule has 1 atom stereocenters. The summed E-state index contributed by atoms with van der Waals surface area (Å²) in [6.45, 7) is 8.94. The summed E-state index contributed by atoms with van der Waals surface area (Å²) in [6.07, 6.45) is 4.07. The van der Waals surface area contributed by atoms with E-state index in [0.717, 1.165) is 52.9 Å². The molecule has 3 aromatic heterocycles. The second-order valence-corrected chi connectivity index (χ2v) is 10.5. The van der Waals surface area contributed by atoms with Crippen LogP contribution >= 0.6 is 11.6 Å². The summed E-state index contributed by atoms with van der Waals surface area (Å²) in [7, 11) is 0. The number of carbonyl (C=O) groups is 1. The van der Waals surface area contributed by atoms with Gasteiger partial charge in [0.05, 0.1) is 0 Å². The first-order chi connectivity index (χ1) is 20.4. The Kier molecular flexibility index (Phi) is 9.19. The highest BCUT2D eigenvalue weighted by Gasteiger charge is 2.24. The van der Waals surface area contributed by atoms with E-state index in [2.05, 4.69) is 62.7 Å². The maximum Gasteiger partial charge on any atom is 0.230 e. The first kappa shape index (κ1) is 29.3. The summed E-state index contributed by atoms with van der Waals surface area (Å²) in [5.74, 6) is 1.19. The van der Waals surface area contributed by atoms with E-state index in [1.165, 1.54) is 0 Å². The van der Waals surface area contributed by atoms with Gasteiger partial charge < -0.3 is 9.30 Å². The number of ether oxygens (including phenoxy) is 1. The maximum atomic E-state index is 13.5. The molecule has 3 heterocycles. The zero-order valence-electron chi connectivity index (χ0n) is 24.3. The van der Waals surface area contributed by atoms with Crippen LogP contribution < -0.4 is 0 Å². The molecule has 0 amide bonds. The molecular weight excluding hydrogens is 550 g/mol. The molecule has 0 bridgehead atoms. The number of pyridine rings is 1. The van der Waals surface area contributed by atoms with Crippen molar-refractivity contribution in [3.8, 4) is 22.5 Å². The van der Waals surface area contributed by atoms with Crippen molar-refractivity contribution in [1.29, 1.82) is 0 Å². The van der Waals surface area contributed by atoms with Gasteiger partial charge in [-0.05, 0) is 65.9 Å². The fourth-order valence-electron chi connectivity index (χ4n) is 4.93. The predicted molar refractivity (Wildman–Crippen MR) is 162 cm³/mol. The van der Waals surface area contributed by atoms with Gasteiger partial charge >= 0.3 is 0 Å². The first-order valence-corrected chi connectivity index (χ1v) is 14.6. The second kappa shape index (κ2) is 13.2. The fourth-order valence-corrected chi connectivity index (χ4v) is 5.22. The molecule has 5 rings (SSSR count). The normalized spacial score (nSPS) is 12.0. The molecule has 0 spiro atoms. The average Bonchev–Trinajstić information content (AvgIpc) is 3.61. The minimum Gasteiger partial charge on any atom is -0.357 e. The van der Waals surface area contributed by atoms with Crippen molar-refractivity contribution < 1.29 is 9.53 Å². The molecule has 0 aliphatic rings. The Morgan fingerprint density at radius 3 is 2.48 bits per heavy atom. The van der Waals surface area contributed by atoms with Crippen molar-refractivity contribution in [2.75, 3.05) is 6.61 Å². The van der Waals surface area contributed by atoms with E-state index in [1.54, 1.807) is 16.9 Å². The van der Waals surface area contributed by atoms with Gasteiger partial charge in [0, 0.05) is 31.3 Å². The zero-order chi connectivity index (χ0) is 29.6. The highest BCUT2D eigenvalue weighted by atomic mass is 35.5. The average molecular weight is 584 g/mol. The highest BCUT2D eigenvalue weighted by Crippen LogP contribution is 2.32. The number of rotatable bonds is 12. The minimum absolute atomic E-state index is 0.207. The molecule has 0 saturated carbocycles. The Balaban J connectivity index is 1.47. The van der Waals surface area contributed by atoms with Crippen LogP contribution in [-0.4, -0.2) is 47.1 Å². The Bertz CT molecular complexity index is 1660. The molecule has 0 N–H and O–H groups in total. The summed E-state index contributed by atoms with van der Waals surface area (Å²) in [5, 5.41) is 12.6. The topological polar surface area (TPSA) is 101 Å². The van der Waals surface area contributed by atoms with Crippen LogP contribution in [0.5, 0.6) is 0 Å². The van der Waals surface area contributed by atoms with Crippen LogP contribution in [0.15, 0.2) is 66.9 Å². The molecule has 0 aliphatic carbocycles. The fraction of sp³-hybridized carbons (Fsp3) is 0.312. The number of hydrogen-bond donors (Lipinski definition) is 0. The number of halogens is 1. The van der Waals surface area contributed by atoms with Gasteiger partial charge in [-0.25, -0.2) is 4.98 Å². The molecular formula is C32H34ClN7O2. The molecule has 9 nitrogen and oxygen atoms in total. The van der Waals surface area contributed by atoms with Crippen LogP contribution in [0.2, 0.25) is 5.15 Å². The SMILES string of the molecule is CCCCc1nc(Cl)c(C(=O)c2ccc(C)cn2)n1Cc1ccc(-c2ccccc2-c2nnnn2C(C)OCC)cc1. The van der Waals surface area contributed by atoms with E-state index in [-0.39, 0.29) is 17.2 Å². The summed E-state index contributed by atoms with van der Waals surface area (Å²) >= 11 is 6.59. The number of tetrazole rings is 1. The van der Waals surface area contributed by atoms with Crippen LogP contribution in [0.1, 0.15) is 73.0 Å². The number of ketones is 1. The zero-order valence-corrected chi connectivity index (χ0v) is 25.0. The van der Waals surface area contributed by atoms with Crippen molar-refractivity contribution in [2.45, 2.75) is 59.7 Å². The Morgan fingerprint density at radius 1 is 1.02 bits per heavy atom. The molecule has 0 saturated heterocycles. The number of nitrogens with zero attached hydrogens (tertiary/aromatic N) is 7. The Hall–Kier alpha value is -4.21. The monoisotopic (exact) mass is 583 g/mol. The van der Waals surface area contributed by atoms with Gasteiger partial charge in [0.1, 0.15) is 17.2 Å². The molecule has 1 unspecified atom stereocenters. The highest BCUT2D eigenvalue weighted by molar-refractivity contribution is 6.33. The van der Waals surface area contributed by atoms with E-state index >= 15 is 0 Å². The Morgan fingerprint density at radius 2 is 1.79 bits per heavy atom. The molecule has 2 aromatic carbocycles. The second-order valence-electron chi connectivity index (χ2n) is 10.2. The lowest BCUT2D eigenvalue weighted by atomic mass is 9.98. The lowest BCUT2D eigenvalue weighted by Crippen LogP contribution is -2.15. The molecule has 0 radical (unpaired) electrons. The van der Waals surface area contributed by atoms with Crippen molar-refractivity contribution in [2.24, 2.45) is 0 Å². The van der Waals surface area contributed by atoms with Crippen molar-refractivity contribution >= 4 is 17.4 Å². The predicted octanol–water partition coefficient (Wildman–Crippen LogP) is 6.74. The quantitative estimate of drug-likeness (QED) is 0.150. The number of aryl methyl sites for hydroxylation is 2. The van der Waals surface area contributed by atoms with Gasteiger partial charge in [0.15, 0.2) is 17.2 Å². The number of carbonyl (C=O) groups excluding carboxylic acids is 1. The molecule has 0 fully saturated rings. The van der Waals surface area contributed by atoms with Gasteiger partial charge in [0.25, 0.3) is 0 Å². The van der Waals surface area contributed by atoms with Crippen molar-refractivity contribution in [3.63, 3.8) is 0 Å². The molecule has 10 heteroatoms. The number of benzene rings is 2. The number of imidazole rings is 1. The van der Waals surface area contributed by atoms with Crippen LogP contribution in [0.25, 0.3) is 22.5 Å². The van der Waals surface area contributed by atoms with E-state index in [1.807, 2.05) is 49.6 Å². The number of hydrogen-bond acceptors (Lipinski definition) is 7. The lowest BCUT2D eigenvalue weighted by Gasteiger charge is -2.15. The third kappa shape index (κ3) is 6.17. The van der Waals surface area contributed by atoms with E-state index < -0.39 is 0 Å². The lowest BCUT2D eigenvalue weighted by molar-refractivity contribution is 0.0159. The Labute approximate surface area is 250 Å².